The number of carbonyl (C=O) groups excluding carboxylic acids is 2. The maximum absolute atomic E-state index is 13.0. The number of rotatable bonds is 2. The first kappa shape index (κ1) is 15.4. The molecule has 4 rings (SSSR count). The molecule has 0 radical (unpaired) electrons. The Morgan fingerprint density at radius 1 is 1.21 bits per heavy atom. The summed E-state index contributed by atoms with van der Waals surface area (Å²) in [5.41, 5.74) is 0.686. The quantitative estimate of drug-likeness (QED) is 0.843. The van der Waals surface area contributed by atoms with Gasteiger partial charge in [0.1, 0.15) is 0 Å². The van der Waals surface area contributed by atoms with E-state index < -0.39 is 5.41 Å². The summed E-state index contributed by atoms with van der Waals surface area (Å²) in [6.07, 6.45) is 0.816. The summed E-state index contributed by atoms with van der Waals surface area (Å²) in [5.74, 6) is 0.294. The molecule has 0 N–H and O–H groups in total. The first-order valence-electron chi connectivity index (χ1n) is 8.25. The summed E-state index contributed by atoms with van der Waals surface area (Å²) < 4.78 is 0. The lowest BCUT2D eigenvalue weighted by atomic mass is 9.73. The molecule has 0 bridgehead atoms. The van der Waals surface area contributed by atoms with Crippen molar-refractivity contribution in [3.63, 3.8) is 0 Å². The fraction of sp³-hybridized carbons (Fsp3) is 0.368. The molecule has 0 saturated carbocycles. The average molecular weight is 340 g/mol. The van der Waals surface area contributed by atoms with Gasteiger partial charge in [0.2, 0.25) is 5.91 Å². The number of carbonyl (C=O) groups is 2. The third-order valence-corrected chi connectivity index (χ3v) is 6.29. The Kier molecular flexibility index (Phi) is 3.68. The standard InChI is InChI=1S/C19H20N2O2S/c1-20-10-9-19(18(20)23)13-21(17(22)16-8-5-11-24-16)12-15(19)14-6-3-2-4-7-14/h2-8,11,15H,9-10,12-13H2,1H3/t15-,19+/m1/s1. The molecule has 2 aliphatic heterocycles. The van der Waals surface area contributed by atoms with E-state index in [1.165, 1.54) is 11.3 Å². The molecule has 4 nitrogen and oxygen atoms in total. The van der Waals surface area contributed by atoms with Crippen LogP contribution in [0.4, 0.5) is 0 Å². The van der Waals surface area contributed by atoms with E-state index in [9.17, 15) is 9.59 Å². The number of benzene rings is 1. The maximum atomic E-state index is 13.0. The Bertz CT molecular complexity index is 759. The number of hydrogen-bond donors (Lipinski definition) is 0. The fourth-order valence-corrected chi connectivity index (χ4v) is 4.85. The third kappa shape index (κ3) is 2.26. The first-order chi connectivity index (χ1) is 11.6. The van der Waals surface area contributed by atoms with Crippen LogP contribution in [0.1, 0.15) is 27.6 Å². The van der Waals surface area contributed by atoms with Crippen molar-refractivity contribution in [3.05, 3.63) is 58.3 Å². The van der Waals surface area contributed by atoms with Crippen molar-refractivity contribution >= 4 is 23.2 Å². The number of amides is 2. The van der Waals surface area contributed by atoms with Crippen LogP contribution in [-0.2, 0) is 4.79 Å². The molecule has 0 aliphatic carbocycles. The second-order valence-corrected chi connectivity index (χ2v) is 7.71. The minimum absolute atomic E-state index is 0.0464. The van der Waals surface area contributed by atoms with Crippen molar-refractivity contribution in [3.8, 4) is 0 Å². The SMILES string of the molecule is CN1CC[C@@]2(CN(C(=O)c3cccs3)C[C@@H]2c2ccccc2)C1=O. The summed E-state index contributed by atoms with van der Waals surface area (Å²) in [6, 6.07) is 13.9. The van der Waals surface area contributed by atoms with Gasteiger partial charge in [0, 0.05) is 32.6 Å². The predicted molar refractivity (Wildman–Crippen MR) is 94.1 cm³/mol. The highest BCUT2D eigenvalue weighted by Crippen LogP contribution is 2.49. The molecule has 124 valence electrons. The molecule has 1 aromatic carbocycles. The zero-order valence-electron chi connectivity index (χ0n) is 13.6. The molecule has 2 aliphatic rings. The van der Waals surface area contributed by atoms with Crippen LogP contribution in [0.3, 0.4) is 0 Å². The summed E-state index contributed by atoms with van der Waals surface area (Å²) in [5, 5.41) is 1.92. The van der Waals surface area contributed by atoms with E-state index >= 15 is 0 Å². The summed E-state index contributed by atoms with van der Waals surface area (Å²) >= 11 is 1.46. The molecule has 3 heterocycles. The normalized spacial score (nSPS) is 26.5. The Hall–Kier alpha value is -2.14. The maximum Gasteiger partial charge on any atom is 0.263 e. The van der Waals surface area contributed by atoms with Crippen LogP contribution in [0, 0.1) is 5.41 Å². The van der Waals surface area contributed by atoms with Gasteiger partial charge >= 0.3 is 0 Å². The van der Waals surface area contributed by atoms with Gasteiger partial charge in [-0.05, 0) is 23.4 Å². The Labute approximate surface area is 145 Å². The summed E-state index contributed by atoms with van der Waals surface area (Å²) in [6.45, 7) is 1.90. The topological polar surface area (TPSA) is 40.6 Å². The van der Waals surface area contributed by atoms with Crippen molar-refractivity contribution in [1.29, 1.82) is 0 Å². The molecule has 2 fully saturated rings. The molecular formula is C19H20N2O2S. The van der Waals surface area contributed by atoms with Gasteiger partial charge in [0.15, 0.2) is 0 Å². The van der Waals surface area contributed by atoms with Crippen LogP contribution < -0.4 is 0 Å². The van der Waals surface area contributed by atoms with Gasteiger partial charge in [-0.25, -0.2) is 0 Å². The monoisotopic (exact) mass is 340 g/mol. The van der Waals surface area contributed by atoms with E-state index in [1.807, 2.05) is 52.6 Å². The molecule has 2 saturated heterocycles. The van der Waals surface area contributed by atoms with Crippen LogP contribution in [0.15, 0.2) is 47.8 Å². The average Bonchev–Trinajstić information content (AvgIpc) is 3.33. The van der Waals surface area contributed by atoms with Crippen LogP contribution >= 0.6 is 11.3 Å². The predicted octanol–water partition coefficient (Wildman–Crippen LogP) is 2.84. The Morgan fingerprint density at radius 3 is 2.62 bits per heavy atom. The van der Waals surface area contributed by atoms with Crippen molar-refractivity contribution < 1.29 is 9.59 Å². The van der Waals surface area contributed by atoms with Crippen LogP contribution in [-0.4, -0.2) is 48.3 Å². The van der Waals surface area contributed by atoms with Crippen molar-refractivity contribution in [2.45, 2.75) is 12.3 Å². The summed E-state index contributed by atoms with van der Waals surface area (Å²) in [4.78, 5) is 30.2. The molecular weight excluding hydrogens is 320 g/mol. The molecule has 1 aromatic heterocycles. The number of likely N-dealkylation sites (tertiary alicyclic amines) is 2. The minimum Gasteiger partial charge on any atom is -0.345 e. The summed E-state index contributed by atoms with van der Waals surface area (Å²) in [7, 11) is 1.86. The van der Waals surface area contributed by atoms with Gasteiger partial charge in [0.05, 0.1) is 10.3 Å². The smallest absolute Gasteiger partial charge is 0.263 e. The number of nitrogens with zero attached hydrogens (tertiary/aromatic N) is 2. The van der Waals surface area contributed by atoms with Crippen LogP contribution in [0.2, 0.25) is 0 Å². The highest BCUT2D eigenvalue weighted by molar-refractivity contribution is 7.12. The lowest BCUT2D eigenvalue weighted by molar-refractivity contribution is -0.134. The van der Waals surface area contributed by atoms with Crippen LogP contribution in [0.25, 0.3) is 0 Å². The molecule has 2 amide bonds. The fourth-order valence-electron chi connectivity index (χ4n) is 4.16. The molecule has 5 heteroatoms. The van der Waals surface area contributed by atoms with E-state index in [-0.39, 0.29) is 17.7 Å². The Morgan fingerprint density at radius 2 is 2.00 bits per heavy atom. The van der Waals surface area contributed by atoms with Crippen LogP contribution in [0.5, 0.6) is 0 Å². The molecule has 1 spiro atoms. The van der Waals surface area contributed by atoms with Gasteiger partial charge in [-0.3, -0.25) is 9.59 Å². The van der Waals surface area contributed by atoms with E-state index in [4.69, 9.17) is 0 Å². The van der Waals surface area contributed by atoms with E-state index in [2.05, 4.69) is 12.1 Å². The highest BCUT2D eigenvalue weighted by atomic mass is 32.1. The second kappa shape index (κ2) is 5.74. The largest absolute Gasteiger partial charge is 0.345 e. The van der Waals surface area contributed by atoms with Gasteiger partial charge in [0.25, 0.3) is 5.91 Å². The number of thiophene rings is 1. The Balaban J connectivity index is 1.71. The van der Waals surface area contributed by atoms with E-state index in [0.717, 1.165) is 23.4 Å². The van der Waals surface area contributed by atoms with Gasteiger partial charge < -0.3 is 9.80 Å². The lowest BCUT2D eigenvalue weighted by Gasteiger charge is -2.28. The van der Waals surface area contributed by atoms with Gasteiger partial charge in [-0.2, -0.15) is 0 Å². The van der Waals surface area contributed by atoms with Gasteiger partial charge in [-0.15, -0.1) is 11.3 Å². The highest BCUT2D eigenvalue weighted by Gasteiger charge is 2.57. The molecule has 2 aromatic rings. The van der Waals surface area contributed by atoms with Crippen molar-refractivity contribution in [2.24, 2.45) is 5.41 Å². The number of hydrogen-bond acceptors (Lipinski definition) is 3. The third-order valence-electron chi connectivity index (χ3n) is 5.43. The molecule has 2 atom stereocenters. The zero-order valence-corrected chi connectivity index (χ0v) is 14.5. The minimum atomic E-state index is -0.469. The first-order valence-corrected chi connectivity index (χ1v) is 9.13. The molecule has 0 unspecified atom stereocenters. The van der Waals surface area contributed by atoms with Crippen molar-refractivity contribution in [1.82, 2.24) is 9.80 Å². The molecule has 24 heavy (non-hydrogen) atoms. The van der Waals surface area contributed by atoms with E-state index in [0.29, 0.717) is 13.1 Å². The van der Waals surface area contributed by atoms with Crippen molar-refractivity contribution in [2.75, 3.05) is 26.7 Å². The lowest BCUT2D eigenvalue weighted by Crippen LogP contribution is -2.39. The second-order valence-electron chi connectivity index (χ2n) is 6.76. The zero-order chi connectivity index (χ0) is 16.7. The van der Waals surface area contributed by atoms with E-state index in [1.54, 1.807) is 0 Å². The van der Waals surface area contributed by atoms with Gasteiger partial charge in [-0.1, -0.05) is 36.4 Å².